The van der Waals surface area contributed by atoms with E-state index in [9.17, 15) is 39.5 Å². The molecule has 0 bridgehead atoms. The van der Waals surface area contributed by atoms with Crippen molar-refractivity contribution in [3.05, 3.63) is 69.2 Å². The largest absolute Gasteiger partial charge is 0.417 e. The van der Waals surface area contributed by atoms with Gasteiger partial charge in [0.05, 0.1) is 22.4 Å². The van der Waals surface area contributed by atoms with Gasteiger partial charge in [-0.1, -0.05) is 29.7 Å². The first-order chi connectivity index (χ1) is 14.1. The van der Waals surface area contributed by atoms with Crippen molar-refractivity contribution in [3.8, 4) is 0 Å². The minimum Gasteiger partial charge on any atom is -0.391 e. The third-order valence-corrected chi connectivity index (χ3v) is 4.31. The second-order valence-electron chi connectivity index (χ2n) is 6.22. The first-order valence-electron chi connectivity index (χ1n) is 8.47. The van der Waals surface area contributed by atoms with Crippen LogP contribution >= 0.6 is 11.6 Å². The van der Waals surface area contributed by atoms with Crippen LogP contribution in [0.4, 0.5) is 39.5 Å². The summed E-state index contributed by atoms with van der Waals surface area (Å²) in [5.41, 5.74) is -5.51. The van der Waals surface area contributed by atoms with Crippen LogP contribution in [0.2, 0.25) is 5.02 Å². The van der Waals surface area contributed by atoms with Crippen molar-refractivity contribution in [1.82, 2.24) is 0 Å². The molecule has 12 heteroatoms. The number of halogens is 10. The molecule has 0 atom stereocenters. The van der Waals surface area contributed by atoms with Crippen molar-refractivity contribution >= 4 is 17.3 Å². The molecule has 0 saturated heterocycles. The molecular weight excluding hydrogens is 465 g/mol. The first kappa shape index (κ1) is 24.8. The highest BCUT2D eigenvalue weighted by Gasteiger charge is 2.38. The van der Waals surface area contributed by atoms with E-state index in [-0.39, 0.29) is 23.2 Å². The number of alkyl halides is 9. The fraction of sp³-hybridized carbons (Fsp3) is 0.316. The summed E-state index contributed by atoms with van der Waals surface area (Å²) in [5.74, 6) is 0. The molecule has 0 saturated carbocycles. The molecule has 0 aromatic heterocycles. The van der Waals surface area contributed by atoms with Crippen molar-refractivity contribution < 1.29 is 44.4 Å². The monoisotopic (exact) mass is 477 g/mol. The van der Waals surface area contributed by atoms with Gasteiger partial charge >= 0.3 is 18.5 Å². The summed E-state index contributed by atoms with van der Waals surface area (Å²) in [4.78, 5) is 4.79. The first-order valence-corrected chi connectivity index (χ1v) is 8.85. The zero-order chi connectivity index (χ0) is 23.6. The maximum atomic E-state index is 13.2. The summed E-state index contributed by atoms with van der Waals surface area (Å²) in [6.45, 7) is 0.515. The van der Waals surface area contributed by atoms with Crippen molar-refractivity contribution in [1.29, 1.82) is 0 Å². The predicted octanol–water partition coefficient (Wildman–Crippen LogP) is 7.73. The third kappa shape index (κ3) is 6.28. The van der Waals surface area contributed by atoms with Gasteiger partial charge in [-0.3, -0.25) is 0 Å². The number of benzene rings is 2. The lowest BCUT2D eigenvalue weighted by molar-refractivity contribution is -0.144. The van der Waals surface area contributed by atoms with Gasteiger partial charge in [-0.05, 0) is 36.8 Å². The summed E-state index contributed by atoms with van der Waals surface area (Å²) in [6, 6.07) is 3.67. The van der Waals surface area contributed by atoms with Gasteiger partial charge in [0.25, 0.3) is 0 Å². The van der Waals surface area contributed by atoms with E-state index in [1.54, 1.807) is 0 Å². The lowest BCUT2D eigenvalue weighted by atomic mass is 10.0. The van der Waals surface area contributed by atoms with Gasteiger partial charge in [0, 0.05) is 16.1 Å². The number of hydrogen-bond acceptors (Lipinski definition) is 2. The van der Waals surface area contributed by atoms with Gasteiger partial charge < -0.3 is 4.84 Å². The Kier molecular flexibility index (Phi) is 7.19. The highest BCUT2D eigenvalue weighted by atomic mass is 35.5. The molecule has 0 aliphatic heterocycles. The SMILES string of the molecule is CC/C(=N\OCc1ccc(C(F)(F)F)cc1C(F)(F)F)c1cc(Cl)ccc1C(F)(F)F. The van der Waals surface area contributed by atoms with Crippen molar-refractivity contribution in [2.24, 2.45) is 5.16 Å². The van der Waals surface area contributed by atoms with Gasteiger partial charge in [-0.2, -0.15) is 39.5 Å². The smallest absolute Gasteiger partial charge is 0.391 e. The van der Waals surface area contributed by atoms with E-state index in [4.69, 9.17) is 16.4 Å². The van der Waals surface area contributed by atoms with E-state index in [0.29, 0.717) is 12.1 Å². The van der Waals surface area contributed by atoms with E-state index in [2.05, 4.69) is 5.16 Å². The van der Waals surface area contributed by atoms with E-state index in [1.807, 2.05) is 0 Å². The molecule has 2 rings (SSSR count). The van der Waals surface area contributed by atoms with E-state index < -0.39 is 53.0 Å². The fourth-order valence-electron chi connectivity index (χ4n) is 2.63. The molecular formula is C19H13ClF9NO. The third-order valence-electron chi connectivity index (χ3n) is 4.07. The van der Waals surface area contributed by atoms with Crippen molar-refractivity contribution in [2.45, 2.75) is 38.5 Å². The van der Waals surface area contributed by atoms with Crippen LogP contribution < -0.4 is 0 Å². The van der Waals surface area contributed by atoms with E-state index in [0.717, 1.165) is 18.2 Å². The Morgan fingerprint density at radius 2 is 1.45 bits per heavy atom. The summed E-state index contributed by atoms with van der Waals surface area (Å²) >= 11 is 5.74. The Hall–Kier alpha value is -2.43. The van der Waals surface area contributed by atoms with Gasteiger partial charge in [0.15, 0.2) is 0 Å². The molecule has 2 aromatic rings. The standard InChI is InChI=1S/C19H13ClF9NO/c1-2-16(13-8-12(20)5-6-14(13)18(24,25)26)30-31-9-10-3-4-11(17(21,22)23)7-15(10)19(27,28)29/h3-8H,2,9H2,1H3/b30-16+. The zero-order valence-electron chi connectivity index (χ0n) is 15.5. The second kappa shape index (κ2) is 8.97. The van der Waals surface area contributed by atoms with Crippen molar-refractivity contribution in [2.75, 3.05) is 0 Å². The van der Waals surface area contributed by atoms with Crippen LogP contribution in [0.3, 0.4) is 0 Å². The van der Waals surface area contributed by atoms with Gasteiger partial charge in [0.1, 0.15) is 6.61 Å². The number of nitrogens with zero attached hydrogens (tertiary/aromatic N) is 1. The summed E-state index contributed by atoms with van der Waals surface area (Å²) in [5, 5.41) is 3.45. The Morgan fingerprint density at radius 3 is 1.97 bits per heavy atom. The van der Waals surface area contributed by atoms with E-state index in [1.165, 1.54) is 6.92 Å². The Morgan fingerprint density at radius 1 is 0.839 bits per heavy atom. The average Bonchev–Trinajstić information content (AvgIpc) is 2.62. The van der Waals surface area contributed by atoms with E-state index >= 15 is 0 Å². The van der Waals surface area contributed by atoms with Crippen LogP contribution in [0.25, 0.3) is 0 Å². The molecule has 2 aromatic carbocycles. The van der Waals surface area contributed by atoms with Crippen LogP contribution in [-0.4, -0.2) is 5.71 Å². The van der Waals surface area contributed by atoms with Crippen molar-refractivity contribution in [3.63, 3.8) is 0 Å². The minimum absolute atomic E-state index is 0.0359. The summed E-state index contributed by atoms with van der Waals surface area (Å²) in [7, 11) is 0. The second-order valence-corrected chi connectivity index (χ2v) is 6.66. The molecule has 0 N–H and O–H groups in total. The molecule has 0 radical (unpaired) electrons. The average molecular weight is 478 g/mol. The van der Waals surface area contributed by atoms with Crippen LogP contribution in [-0.2, 0) is 30.0 Å². The quantitative estimate of drug-likeness (QED) is 0.245. The maximum absolute atomic E-state index is 13.2. The highest BCUT2D eigenvalue weighted by molar-refractivity contribution is 6.31. The summed E-state index contributed by atoms with van der Waals surface area (Å²) in [6.07, 6.45) is -15.0. The Balaban J connectivity index is 2.38. The zero-order valence-corrected chi connectivity index (χ0v) is 16.3. The lowest BCUT2D eigenvalue weighted by Gasteiger charge is -2.16. The molecule has 0 unspecified atom stereocenters. The molecule has 0 aliphatic carbocycles. The molecule has 170 valence electrons. The summed E-state index contributed by atoms with van der Waals surface area (Å²) < 4.78 is 117. The topological polar surface area (TPSA) is 21.6 Å². The van der Waals surface area contributed by atoms with Crippen LogP contribution in [0.1, 0.15) is 41.2 Å². The minimum atomic E-state index is -5.12. The number of hydrogen-bond donors (Lipinski definition) is 0. The fourth-order valence-corrected chi connectivity index (χ4v) is 2.80. The van der Waals surface area contributed by atoms with Crippen LogP contribution in [0.5, 0.6) is 0 Å². The van der Waals surface area contributed by atoms with Gasteiger partial charge in [-0.25, -0.2) is 0 Å². The number of rotatable bonds is 5. The van der Waals surface area contributed by atoms with Gasteiger partial charge in [-0.15, -0.1) is 0 Å². The Labute approximate surface area is 175 Å². The Bertz CT molecular complexity index is 962. The van der Waals surface area contributed by atoms with Crippen LogP contribution in [0.15, 0.2) is 41.6 Å². The molecule has 0 aliphatic rings. The number of oxime groups is 1. The normalized spacial score (nSPS) is 13.5. The molecule has 0 fully saturated rings. The maximum Gasteiger partial charge on any atom is 0.417 e. The van der Waals surface area contributed by atoms with Crippen LogP contribution in [0, 0.1) is 0 Å². The molecule has 2 nitrogen and oxygen atoms in total. The molecule has 0 heterocycles. The predicted molar refractivity (Wildman–Crippen MR) is 94.5 cm³/mol. The van der Waals surface area contributed by atoms with Gasteiger partial charge in [0.2, 0.25) is 0 Å². The molecule has 0 amide bonds. The highest BCUT2D eigenvalue weighted by Crippen LogP contribution is 2.38. The lowest BCUT2D eigenvalue weighted by Crippen LogP contribution is -2.15. The molecule has 31 heavy (non-hydrogen) atoms. The molecule has 0 spiro atoms.